The lowest BCUT2D eigenvalue weighted by Gasteiger charge is -2.16. The van der Waals surface area contributed by atoms with Gasteiger partial charge in [-0.25, -0.2) is 18.4 Å². The van der Waals surface area contributed by atoms with Gasteiger partial charge in [0.05, 0.1) is 23.6 Å². The molecule has 1 aliphatic rings. The van der Waals surface area contributed by atoms with E-state index in [0.29, 0.717) is 53.8 Å². The Morgan fingerprint density at radius 2 is 2.05 bits per heavy atom. The van der Waals surface area contributed by atoms with E-state index in [1.54, 1.807) is 38.4 Å². The number of H-pyrrole nitrogens is 1. The molecular formula is C28H34N4O6S. The van der Waals surface area contributed by atoms with Crippen molar-refractivity contribution in [2.24, 2.45) is 0 Å². The molecule has 3 aromatic rings. The summed E-state index contributed by atoms with van der Waals surface area (Å²) in [6.45, 7) is 6.00. The van der Waals surface area contributed by atoms with Gasteiger partial charge in [-0.05, 0) is 57.0 Å². The van der Waals surface area contributed by atoms with Crippen LogP contribution in [-0.2, 0) is 19.4 Å². The van der Waals surface area contributed by atoms with Crippen LogP contribution in [-0.4, -0.2) is 66.6 Å². The van der Waals surface area contributed by atoms with Crippen LogP contribution >= 0.6 is 0 Å². The number of carbonyl (C=O) groups is 1. The number of sulfone groups is 1. The molecule has 1 aromatic carbocycles. The maximum absolute atomic E-state index is 12.7. The smallest absolute Gasteiger partial charge is 0.247 e. The van der Waals surface area contributed by atoms with Crippen LogP contribution in [0.4, 0.5) is 0 Å². The number of pyridine rings is 1. The Morgan fingerprint density at radius 1 is 1.26 bits per heavy atom. The molecule has 4 rings (SSSR count). The molecule has 39 heavy (non-hydrogen) atoms. The number of allylic oxidation sites excluding steroid dienone is 3. The third kappa shape index (κ3) is 7.67. The van der Waals surface area contributed by atoms with Crippen LogP contribution in [0.1, 0.15) is 33.6 Å². The van der Waals surface area contributed by atoms with E-state index in [2.05, 4.69) is 20.3 Å². The summed E-state index contributed by atoms with van der Waals surface area (Å²) < 4.78 is 40.8. The number of nitrogens with one attached hydrogen (secondary N) is 2. The summed E-state index contributed by atoms with van der Waals surface area (Å²) >= 11 is 0. The van der Waals surface area contributed by atoms with Crippen molar-refractivity contribution in [3.05, 3.63) is 60.0 Å². The molecule has 1 fully saturated rings. The number of imidazole rings is 1. The fraction of sp³-hybridized carbons (Fsp3) is 0.393. The highest BCUT2D eigenvalue weighted by Gasteiger charge is 2.29. The van der Waals surface area contributed by atoms with Gasteiger partial charge in [0.2, 0.25) is 5.91 Å². The summed E-state index contributed by atoms with van der Waals surface area (Å²) in [5, 5.41) is 2.83. The first-order chi connectivity index (χ1) is 18.7. The predicted molar refractivity (Wildman–Crippen MR) is 149 cm³/mol. The Balaban J connectivity index is 1.55. The highest BCUT2D eigenvalue weighted by atomic mass is 32.2. The SMILES string of the molecule is CC/C(=C\C=C(/C)Oc1cc(OC(C)COC)cc(-c2nc3ncccc3[nH]2)c1)C(=O)NC1CCS(=O)(=O)C1. The van der Waals surface area contributed by atoms with Crippen LogP contribution in [0.15, 0.2) is 60.0 Å². The number of fused-ring (bicyclic) bond motifs is 1. The first kappa shape index (κ1) is 28.3. The van der Waals surface area contributed by atoms with Gasteiger partial charge in [0.1, 0.15) is 29.2 Å². The van der Waals surface area contributed by atoms with Crippen molar-refractivity contribution in [2.45, 2.75) is 45.8 Å². The zero-order valence-electron chi connectivity index (χ0n) is 22.6. The molecule has 3 heterocycles. The summed E-state index contributed by atoms with van der Waals surface area (Å²) in [5.41, 5.74) is 2.71. The number of nitrogens with zero attached hydrogens (tertiary/aromatic N) is 2. The van der Waals surface area contributed by atoms with Gasteiger partial charge in [0.15, 0.2) is 15.5 Å². The van der Waals surface area contributed by atoms with E-state index in [-0.39, 0.29) is 29.6 Å². The number of aromatic nitrogens is 3. The van der Waals surface area contributed by atoms with E-state index < -0.39 is 9.84 Å². The molecular weight excluding hydrogens is 520 g/mol. The topological polar surface area (TPSA) is 132 Å². The number of aromatic amines is 1. The molecule has 10 nitrogen and oxygen atoms in total. The Labute approximate surface area is 228 Å². The van der Waals surface area contributed by atoms with E-state index >= 15 is 0 Å². The van der Waals surface area contributed by atoms with Crippen molar-refractivity contribution < 1.29 is 27.4 Å². The molecule has 11 heteroatoms. The Kier molecular flexibility index (Phi) is 9.03. The number of benzene rings is 1. The molecule has 1 saturated heterocycles. The molecule has 0 spiro atoms. The van der Waals surface area contributed by atoms with E-state index in [1.807, 2.05) is 38.1 Å². The first-order valence-electron chi connectivity index (χ1n) is 12.8. The molecule has 2 N–H and O–H groups in total. The molecule has 1 amide bonds. The van der Waals surface area contributed by atoms with Crippen molar-refractivity contribution in [3.8, 4) is 22.9 Å². The second-order valence-corrected chi connectivity index (χ2v) is 11.8. The van der Waals surface area contributed by atoms with Crippen molar-refractivity contribution in [1.82, 2.24) is 20.3 Å². The summed E-state index contributed by atoms with van der Waals surface area (Å²) in [6.07, 6.45) is 5.84. The highest BCUT2D eigenvalue weighted by molar-refractivity contribution is 7.91. The van der Waals surface area contributed by atoms with Crippen LogP contribution in [0.3, 0.4) is 0 Å². The molecule has 2 aromatic heterocycles. The quantitative estimate of drug-likeness (QED) is 0.207. The lowest BCUT2D eigenvalue weighted by atomic mass is 10.1. The van der Waals surface area contributed by atoms with Crippen LogP contribution < -0.4 is 14.8 Å². The van der Waals surface area contributed by atoms with Crippen molar-refractivity contribution in [3.63, 3.8) is 0 Å². The average molecular weight is 555 g/mol. The van der Waals surface area contributed by atoms with Crippen LogP contribution in [0.25, 0.3) is 22.6 Å². The van der Waals surface area contributed by atoms with Crippen molar-refractivity contribution in [2.75, 3.05) is 25.2 Å². The molecule has 0 aliphatic carbocycles. The minimum absolute atomic E-state index is 0.0151. The van der Waals surface area contributed by atoms with Crippen molar-refractivity contribution >= 4 is 26.9 Å². The van der Waals surface area contributed by atoms with Gasteiger partial charge in [-0.1, -0.05) is 13.0 Å². The standard InChI is InChI=1S/C28H34N4O6S/c1-5-20(28(33)30-22-10-12-39(34,35)17-22)9-8-18(2)37-23-13-21(14-24(15-23)38-19(3)16-36-4)26-31-25-7-6-11-29-27(25)32-26/h6-9,11,13-15,19,22H,5,10,12,16-17H2,1-4H3,(H,30,33)(H,29,31,32)/b18-8+,20-9+. The number of methoxy groups -OCH3 is 1. The number of carbonyl (C=O) groups excluding carboxylic acids is 1. The van der Waals surface area contributed by atoms with E-state index in [0.717, 1.165) is 11.1 Å². The predicted octanol–water partition coefficient (Wildman–Crippen LogP) is 3.96. The van der Waals surface area contributed by atoms with Gasteiger partial charge < -0.3 is 24.5 Å². The zero-order valence-corrected chi connectivity index (χ0v) is 23.4. The normalized spacial score (nSPS) is 18.2. The van der Waals surface area contributed by atoms with Gasteiger partial charge in [0.25, 0.3) is 0 Å². The lowest BCUT2D eigenvalue weighted by Crippen LogP contribution is -2.36. The summed E-state index contributed by atoms with van der Waals surface area (Å²) in [6, 6.07) is 8.90. The van der Waals surface area contributed by atoms with Gasteiger partial charge >= 0.3 is 0 Å². The summed E-state index contributed by atoms with van der Waals surface area (Å²) in [4.78, 5) is 24.9. The molecule has 0 saturated carbocycles. The van der Waals surface area contributed by atoms with Crippen molar-refractivity contribution in [1.29, 1.82) is 0 Å². The van der Waals surface area contributed by atoms with Crippen LogP contribution in [0, 0.1) is 0 Å². The van der Waals surface area contributed by atoms with Gasteiger partial charge in [-0.2, -0.15) is 0 Å². The third-order valence-corrected chi connectivity index (χ3v) is 7.96. The van der Waals surface area contributed by atoms with Gasteiger partial charge in [-0.15, -0.1) is 0 Å². The molecule has 0 radical (unpaired) electrons. The lowest BCUT2D eigenvalue weighted by molar-refractivity contribution is -0.118. The van der Waals surface area contributed by atoms with Crippen LogP contribution in [0.2, 0.25) is 0 Å². The van der Waals surface area contributed by atoms with E-state index in [4.69, 9.17) is 14.2 Å². The van der Waals surface area contributed by atoms with Gasteiger partial charge in [-0.3, -0.25) is 4.79 Å². The highest BCUT2D eigenvalue weighted by Crippen LogP contribution is 2.31. The van der Waals surface area contributed by atoms with E-state index in [1.165, 1.54) is 0 Å². The second-order valence-electron chi connectivity index (χ2n) is 9.54. The number of ether oxygens (including phenoxy) is 3. The molecule has 2 unspecified atom stereocenters. The number of hydrogen-bond acceptors (Lipinski definition) is 8. The molecule has 2 atom stereocenters. The van der Waals surface area contributed by atoms with E-state index in [9.17, 15) is 13.2 Å². The summed E-state index contributed by atoms with van der Waals surface area (Å²) in [7, 11) is -1.45. The van der Waals surface area contributed by atoms with Crippen LogP contribution in [0.5, 0.6) is 11.5 Å². The third-order valence-electron chi connectivity index (χ3n) is 6.19. The Morgan fingerprint density at radius 3 is 2.74 bits per heavy atom. The molecule has 208 valence electrons. The Hall–Kier alpha value is -3.70. The molecule has 1 aliphatic heterocycles. The zero-order chi connectivity index (χ0) is 28.0. The van der Waals surface area contributed by atoms with Gasteiger partial charge in [0, 0.05) is 36.6 Å². The number of amides is 1. The Bertz CT molecular complexity index is 1460. The molecule has 0 bridgehead atoms. The fourth-order valence-electron chi connectivity index (χ4n) is 4.30. The largest absolute Gasteiger partial charge is 0.488 e. The number of hydrogen-bond donors (Lipinski definition) is 2. The summed E-state index contributed by atoms with van der Waals surface area (Å²) in [5.74, 6) is 2.11. The minimum atomic E-state index is -3.07. The second kappa shape index (κ2) is 12.4. The maximum Gasteiger partial charge on any atom is 0.247 e. The number of rotatable bonds is 11. The average Bonchev–Trinajstić information content (AvgIpc) is 3.47. The monoisotopic (exact) mass is 554 g/mol. The first-order valence-corrected chi connectivity index (χ1v) is 14.7. The fourth-order valence-corrected chi connectivity index (χ4v) is 5.97. The minimum Gasteiger partial charge on any atom is -0.488 e. The maximum atomic E-state index is 12.7.